The lowest BCUT2D eigenvalue weighted by atomic mass is 10.3. The van der Waals surface area contributed by atoms with Gasteiger partial charge < -0.3 is 0 Å². The molecule has 0 aromatic carbocycles. The molecule has 5 heteroatoms. The summed E-state index contributed by atoms with van der Waals surface area (Å²) in [6, 6.07) is 1.56. The minimum Gasteiger partial charge on any atom is -0.272 e. The maximum absolute atomic E-state index is 10.9. The monoisotopic (exact) mass is 165 g/mol. The molecule has 5 nitrogen and oxygen atoms in total. The Balaban J connectivity index is 3.04. The van der Waals surface area contributed by atoms with Crippen LogP contribution in [0.15, 0.2) is 11.1 Å². The van der Waals surface area contributed by atoms with Crippen LogP contribution in [-0.4, -0.2) is 21.8 Å². The van der Waals surface area contributed by atoms with Gasteiger partial charge in [-0.25, -0.2) is 4.79 Å². The molecule has 0 saturated heterocycles. The lowest BCUT2D eigenvalue weighted by molar-refractivity contribution is 0.0997. The maximum Gasteiger partial charge on any atom is 0.308 e. The molecule has 1 aromatic rings. The van der Waals surface area contributed by atoms with Gasteiger partial charge in [-0.15, -0.1) is 4.99 Å². The Morgan fingerprint density at radius 1 is 1.75 bits per heavy atom. The number of aromatic nitrogens is 2. The van der Waals surface area contributed by atoms with E-state index in [9.17, 15) is 9.59 Å². The van der Waals surface area contributed by atoms with E-state index in [1.165, 1.54) is 10.8 Å². The zero-order valence-electron chi connectivity index (χ0n) is 6.74. The highest BCUT2D eigenvalue weighted by Crippen LogP contribution is 2.01. The van der Waals surface area contributed by atoms with Crippen LogP contribution in [-0.2, 0) is 11.8 Å². The highest BCUT2D eigenvalue weighted by atomic mass is 16.2. The number of carbonyl (C=O) groups is 1. The van der Waals surface area contributed by atoms with Crippen LogP contribution in [0.4, 0.5) is 0 Å². The van der Waals surface area contributed by atoms with Gasteiger partial charge in [0.05, 0.1) is 0 Å². The molecule has 0 radical (unpaired) electrons. The molecule has 0 aliphatic rings. The fourth-order valence-corrected chi connectivity index (χ4v) is 0.764. The molecule has 0 spiro atoms. The predicted octanol–water partition coefficient (Wildman–Crippen LogP) is 0.205. The van der Waals surface area contributed by atoms with Crippen LogP contribution in [0.3, 0.4) is 0 Å². The fraction of sp³-hybridized carbons (Fsp3) is 0.286. The van der Waals surface area contributed by atoms with E-state index in [1.54, 1.807) is 20.0 Å². The van der Waals surface area contributed by atoms with Gasteiger partial charge in [-0.3, -0.25) is 9.48 Å². The van der Waals surface area contributed by atoms with Crippen LogP contribution in [0.1, 0.15) is 16.2 Å². The summed E-state index contributed by atoms with van der Waals surface area (Å²) < 4.78 is 1.54. The van der Waals surface area contributed by atoms with Gasteiger partial charge in [0.1, 0.15) is 0 Å². The van der Waals surface area contributed by atoms with Crippen molar-refractivity contribution in [3.8, 4) is 0 Å². The molecule has 1 amide bonds. The van der Waals surface area contributed by atoms with E-state index >= 15 is 0 Å². The third kappa shape index (κ3) is 1.46. The van der Waals surface area contributed by atoms with Gasteiger partial charge in [0.2, 0.25) is 6.08 Å². The molecule has 62 valence electrons. The van der Waals surface area contributed by atoms with Crippen molar-refractivity contribution in [3.63, 3.8) is 0 Å². The van der Waals surface area contributed by atoms with E-state index in [0.717, 1.165) is 5.69 Å². The zero-order valence-corrected chi connectivity index (χ0v) is 6.74. The van der Waals surface area contributed by atoms with Crippen molar-refractivity contribution in [1.29, 1.82) is 0 Å². The molecule has 0 bridgehead atoms. The number of rotatable bonds is 1. The first-order chi connectivity index (χ1) is 5.65. The van der Waals surface area contributed by atoms with Crippen molar-refractivity contribution in [1.82, 2.24) is 9.78 Å². The predicted molar refractivity (Wildman–Crippen MR) is 40.4 cm³/mol. The number of nitrogens with zero attached hydrogens (tertiary/aromatic N) is 3. The van der Waals surface area contributed by atoms with E-state index < -0.39 is 5.91 Å². The van der Waals surface area contributed by atoms with E-state index in [2.05, 4.69) is 10.1 Å². The summed E-state index contributed by atoms with van der Waals surface area (Å²) in [4.78, 5) is 23.6. The Bertz CT molecular complexity index is 341. The quantitative estimate of drug-likeness (QED) is 0.441. The van der Waals surface area contributed by atoms with Crippen LogP contribution in [0.5, 0.6) is 0 Å². The van der Waals surface area contributed by atoms with Crippen molar-refractivity contribution in [2.24, 2.45) is 12.0 Å². The molecule has 1 rings (SSSR count). The standard InChI is InChI=1S/C7H7N3O2/c1-5-3-6(9-10(5)2)7(12)8-4-11/h3H,1-2H3. The average molecular weight is 165 g/mol. The summed E-state index contributed by atoms with van der Waals surface area (Å²) >= 11 is 0. The minimum atomic E-state index is -0.659. The van der Waals surface area contributed by atoms with Gasteiger partial charge in [0.25, 0.3) is 0 Å². The molecule has 1 heterocycles. The Hall–Kier alpha value is -1.74. The SMILES string of the molecule is Cc1cc(C(=O)N=C=O)nn1C. The number of aryl methyl sites for hydroxylation is 2. The largest absolute Gasteiger partial charge is 0.308 e. The van der Waals surface area contributed by atoms with Gasteiger partial charge in [-0.1, -0.05) is 0 Å². The Kier molecular flexibility index (Phi) is 2.16. The smallest absolute Gasteiger partial charge is 0.272 e. The van der Waals surface area contributed by atoms with E-state index in [-0.39, 0.29) is 5.69 Å². The van der Waals surface area contributed by atoms with E-state index in [4.69, 9.17) is 0 Å². The summed E-state index contributed by atoms with van der Waals surface area (Å²) in [7, 11) is 1.71. The molecule has 1 aromatic heterocycles. The van der Waals surface area contributed by atoms with Crippen molar-refractivity contribution in [2.45, 2.75) is 6.92 Å². The topological polar surface area (TPSA) is 64.3 Å². The van der Waals surface area contributed by atoms with Crippen LogP contribution >= 0.6 is 0 Å². The van der Waals surface area contributed by atoms with Crippen molar-refractivity contribution < 1.29 is 9.59 Å². The highest BCUT2D eigenvalue weighted by Gasteiger charge is 2.08. The van der Waals surface area contributed by atoms with Gasteiger partial charge >= 0.3 is 5.91 Å². The number of hydrogen-bond donors (Lipinski definition) is 0. The van der Waals surface area contributed by atoms with Gasteiger partial charge in [-0.05, 0) is 13.0 Å². The lowest BCUT2D eigenvalue weighted by Gasteiger charge is -1.88. The molecule has 0 aliphatic carbocycles. The van der Waals surface area contributed by atoms with Gasteiger partial charge in [0, 0.05) is 12.7 Å². The number of carbonyl (C=O) groups excluding carboxylic acids is 2. The zero-order chi connectivity index (χ0) is 9.14. The average Bonchev–Trinajstić information content (AvgIpc) is 2.33. The third-order valence-corrected chi connectivity index (χ3v) is 1.48. The summed E-state index contributed by atoms with van der Waals surface area (Å²) in [5.74, 6) is -0.659. The Morgan fingerprint density at radius 3 is 2.83 bits per heavy atom. The number of aliphatic imine (C=N–C) groups is 1. The third-order valence-electron chi connectivity index (χ3n) is 1.48. The van der Waals surface area contributed by atoms with Gasteiger partial charge in [0.15, 0.2) is 5.69 Å². The molecule has 0 fully saturated rings. The molecular weight excluding hydrogens is 158 g/mol. The highest BCUT2D eigenvalue weighted by molar-refractivity contribution is 5.95. The van der Waals surface area contributed by atoms with Crippen LogP contribution in [0.25, 0.3) is 0 Å². The van der Waals surface area contributed by atoms with Crippen LogP contribution < -0.4 is 0 Å². The summed E-state index contributed by atoms with van der Waals surface area (Å²) in [6.07, 6.45) is 1.17. The number of hydrogen-bond acceptors (Lipinski definition) is 3. The normalized spacial score (nSPS) is 9.17. The Labute approximate surface area is 68.7 Å². The minimum absolute atomic E-state index is 0.165. The summed E-state index contributed by atoms with van der Waals surface area (Å²) in [5.41, 5.74) is 0.998. The Morgan fingerprint density at radius 2 is 2.42 bits per heavy atom. The molecule has 12 heavy (non-hydrogen) atoms. The molecule has 0 saturated carbocycles. The van der Waals surface area contributed by atoms with Crippen molar-refractivity contribution >= 4 is 12.0 Å². The second-order valence-corrected chi connectivity index (χ2v) is 2.30. The molecule has 0 atom stereocenters. The van der Waals surface area contributed by atoms with Crippen molar-refractivity contribution in [3.05, 3.63) is 17.5 Å². The maximum atomic E-state index is 10.9. The number of amides is 1. The first-order valence-corrected chi connectivity index (χ1v) is 3.28. The second-order valence-electron chi connectivity index (χ2n) is 2.30. The van der Waals surface area contributed by atoms with Crippen LogP contribution in [0.2, 0.25) is 0 Å². The molecular formula is C7H7N3O2. The van der Waals surface area contributed by atoms with Crippen LogP contribution in [0, 0.1) is 6.92 Å². The number of isocyanates is 1. The molecule has 0 aliphatic heterocycles. The lowest BCUT2D eigenvalue weighted by Crippen LogP contribution is -1.98. The first kappa shape index (κ1) is 8.36. The van der Waals surface area contributed by atoms with E-state index in [1.807, 2.05) is 0 Å². The fourth-order valence-electron chi connectivity index (χ4n) is 0.764. The van der Waals surface area contributed by atoms with Crippen molar-refractivity contribution in [2.75, 3.05) is 0 Å². The van der Waals surface area contributed by atoms with Gasteiger partial charge in [-0.2, -0.15) is 5.10 Å². The first-order valence-electron chi connectivity index (χ1n) is 3.28. The van der Waals surface area contributed by atoms with E-state index in [0.29, 0.717) is 0 Å². The second kappa shape index (κ2) is 3.11. The summed E-state index contributed by atoms with van der Waals surface area (Å²) in [6.45, 7) is 1.80. The summed E-state index contributed by atoms with van der Waals surface area (Å²) in [5, 5.41) is 3.82. The molecule has 0 N–H and O–H groups in total. The molecule has 0 unspecified atom stereocenters.